The van der Waals surface area contributed by atoms with E-state index < -0.39 is 5.95 Å². The second-order valence-electron chi connectivity index (χ2n) is 5.63. The number of fused-ring (bicyclic) bond motifs is 1. The molecule has 0 fully saturated rings. The van der Waals surface area contributed by atoms with Crippen molar-refractivity contribution in [3.63, 3.8) is 0 Å². The minimum Gasteiger partial charge on any atom is -0.327 e. The van der Waals surface area contributed by atoms with Crippen LogP contribution in [0.15, 0.2) is 48.9 Å². The molecule has 0 spiro atoms. The summed E-state index contributed by atoms with van der Waals surface area (Å²) in [6, 6.07) is 8.02. The highest BCUT2D eigenvalue weighted by atomic mass is 19.1. The van der Waals surface area contributed by atoms with E-state index in [0.29, 0.717) is 35.8 Å². The summed E-state index contributed by atoms with van der Waals surface area (Å²) in [6.07, 6.45) is 4.89. The molecule has 3 heterocycles. The molecule has 0 saturated carbocycles. The zero-order chi connectivity index (χ0) is 17.4. The topological polar surface area (TPSA) is 48.5 Å². The van der Waals surface area contributed by atoms with E-state index >= 15 is 0 Å². The first-order valence-corrected chi connectivity index (χ1v) is 7.94. The van der Waals surface area contributed by atoms with Crippen molar-refractivity contribution in [3.05, 3.63) is 66.5 Å². The molecule has 0 aliphatic rings. The van der Waals surface area contributed by atoms with Crippen molar-refractivity contribution in [1.82, 2.24) is 24.1 Å². The number of imidazole rings is 2. The molecule has 0 unspecified atom stereocenters. The third-order valence-electron chi connectivity index (χ3n) is 4.13. The Morgan fingerprint density at radius 2 is 1.96 bits per heavy atom. The average Bonchev–Trinajstić information content (AvgIpc) is 3.20. The van der Waals surface area contributed by atoms with Crippen molar-refractivity contribution in [2.45, 2.75) is 20.0 Å². The lowest BCUT2D eigenvalue weighted by Gasteiger charge is -2.10. The quantitative estimate of drug-likeness (QED) is 0.533. The Hall–Kier alpha value is -3.09. The third kappa shape index (κ3) is 2.67. The molecule has 1 aromatic carbocycles. The lowest BCUT2D eigenvalue weighted by Crippen LogP contribution is -2.08. The fourth-order valence-electron chi connectivity index (χ4n) is 3.02. The predicted molar refractivity (Wildman–Crippen MR) is 89.9 cm³/mol. The normalized spacial score (nSPS) is 11.3. The third-order valence-corrected chi connectivity index (χ3v) is 4.13. The first-order chi connectivity index (χ1) is 12.2. The van der Waals surface area contributed by atoms with Crippen molar-refractivity contribution < 1.29 is 8.78 Å². The van der Waals surface area contributed by atoms with Crippen LogP contribution in [0.1, 0.15) is 12.7 Å². The Morgan fingerprint density at radius 1 is 1.08 bits per heavy atom. The Balaban J connectivity index is 1.78. The number of nitrogens with zero attached hydrogens (tertiary/aromatic N) is 5. The molecular formula is C18H15F2N5. The number of halogens is 2. The predicted octanol–water partition coefficient (Wildman–Crippen LogP) is 3.64. The van der Waals surface area contributed by atoms with Crippen LogP contribution in [0.25, 0.3) is 22.4 Å². The van der Waals surface area contributed by atoms with Gasteiger partial charge in [0.2, 0.25) is 5.95 Å². The zero-order valence-electron chi connectivity index (χ0n) is 13.5. The zero-order valence-corrected chi connectivity index (χ0v) is 13.5. The van der Waals surface area contributed by atoms with E-state index in [2.05, 4.69) is 15.0 Å². The summed E-state index contributed by atoms with van der Waals surface area (Å²) in [4.78, 5) is 12.4. The lowest BCUT2D eigenvalue weighted by molar-refractivity contribution is 0.593. The Bertz CT molecular complexity index is 1050. The van der Waals surface area contributed by atoms with Crippen LogP contribution in [0, 0.1) is 11.8 Å². The van der Waals surface area contributed by atoms with Gasteiger partial charge >= 0.3 is 0 Å². The second kappa shape index (κ2) is 6.08. The SMILES string of the molecule is CCn1c(Cn2ccnc2-c2cccc(F)c2)nc2c(F)nccc21. The minimum absolute atomic E-state index is 0.256. The fraction of sp³-hybridized carbons (Fsp3) is 0.167. The fourth-order valence-corrected chi connectivity index (χ4v) is 3.02. The maximum Gasteiger partial charge on any atom is 0.240 e. The molecule has 0 atom stereocenters. The first kappa shape index (κ1) is 15.4. The summed E-state index contributed by atoms with van der Waals surface area (Å²) in [7, 11) is 0. The van der Waals surface area contributed by atoms with E-state index in [-0.39, 0.29) is 11.3 Å². The molecule has 0 amide bonds. The largest absolute Gasteiger partial charge is 0.327 e. The van der Waals surface area contributed by atoms with Crippen LogP contribution in [-0.2, 0) is 13.1 Å². The van der Waals surface area contributed by atoms with Gasteiger partial charge in [-0.1, -0.05) is 12.1 Å². The number of hydrogen-bond acceptors (Lipinski definition) is 3. The van der Waals surface area contributed by atoms with Gasteiger partial charge in [0.05, 0.1) is 12.1 Å². The van der Waals surface area contributed by atoms with E-state index in [4.69, 9.17) is 0 Å². The van der Waals surface area contributed by atoms with Gasteiger partial charge in [-0.15, -0.1) is 0 Å². The summed E-state index contributed by atoms with van der Waals surface area (Å²) in [5, 5.41) is 0. The highest BCUT2D eigenvalue weighted by Gasteiger charge is 2.15. The molecule has 25 heavy (non-hydrogen) atoms. The van der Waals surface area contributed by atoms with Crippen LogP contribution < -0.4 is 0 Å². The van der Waals surface area contributed by atoms with E-state index in [1.54, 1.807) is 30.6 Å². The van der Waals surface area contributed by atoms with Crippen molar-refractivity contribution in [2.24, 2.45) is 0 Å². The van der Waals surface area contributed by atoms with Gasteiger partial charge in [-0.25, -0.2) is 19.3 Å². The van der Waals surface area contributed by atoms with Gasteiger partial charge in [-0.05, 0) is 25.1 Å². The van der Waals surface area contributed by atoms with Gasteiger partial charge in [0.1, 0.15) is 23.0 Å². The minimum atomic E-state index is -0.582. The standard InChI is InChI=1S/C18H15F2N5/c1-2-25-14-6-7-21-17(20)16(14)23-15(25)11-24-9-8-22-18(24)12-4-3-5-13(19)10-12/h3-10H,2,11H2,1H3. The van der Waals surface area contributed by atoms with Crippen molar-refractivity contribution in [3.8, 4) is 11.4 Å². The van der Waals surface area contributed by atoms with Crippen LogP contribution in [0.5, 0.6) is 0 Å². The number of aryl methyl sites for hydroxylation is 1. The molecular weight excluding hydrogens is 324 g/mol. The molecule has 5 nitrogen and oxygen atoms in total. The van der Waals surface area contributed by atoms with Crippen LogP contribution in [0.3, 0.4) is 0 Å². The summed E-state index contributed by atoms with van der Waals surface area (Å²) in [6.45, 7) is 3.03. The maximum atomic E-state index is 13.9. The van der Waals surface area contributed by atoms with E-state index in [0.717, 1.165) is 0 Å². The summed E-state index contributed by atoms with van der Waals surface area (Å²) < 4.78 is 31.3. The lowest BCUT2D eigenvalue weighted by atomic mass is 10.2. The second-order valence-corrected chi connectivity index (χ2v) is 5.63. The molecule has 0 radical (unpaired) electrons. The number of rotatable bonds is 4. The van der Waals surface area contributed by atoms with Crippen molar-refractivity contribution in [2.75, 3.05) is 0 Å². The van der Waals surface area contributed by atoms with Crippen LogP contribution >= 0.6 is 0 Å². The molecule has 4 rings (SSSR count). The summed E-state index contributed by atoms with van der Waals surface area (Å²) >= 11 is 0. The molecule has 0 N–H and O–H groups in total. The van der Waals surface area contributed by atoms with Crippen LogP contribution in [-0.4, -0.2) is 24.1 Å². The van der Waals surface area contributed by atoms with Gasteiger partial charge in [0, 0.05) is 30.7 Å². The number of benzene rings is 1. The van der Waals surface area contributed by atoms with Gasteiger partial charge in [0.25, 0.3) is 0 Å². The first-order valence-electron chi connectivity index (χ1n) is 7.94. The van der Waals surface area contributed by atoms with E-state index in [1.807, 2.05) is 16.1 Å². The van der Waals surface area contributed by atoms with Gasteiger partial charge < -0.3 is 9.13 Å². The monoisotopic (exact) mass is 339 g/mol. The number of aromatic nitrogens is 5. The average molecular weight is 339 g/mol. The van der Waals surface area contributed by atoms with Gasteiger partial charge in [-0.2, -0.15) is 4.39 Å². The van der Waals surface area contributed by atoms with Crippen LogP contribution in [0.2, 0.25) is 0 Å². The van der Waals surface area contributed by atoms with Crippen molar-refractivity contribution in [1.29, 1.82) is 0 Å². The maximum absolute atomic E-state index is 13.9. The van der Waals surface area contributed by atoms with Gasteiger partial charge in [-0.3, -0.25) is 0 Å². The van der Waals surface area contributed by atoms with E-state index in [1.165, 1.54) is 18.3 Å². The molecule has 126 valence electrons. The molecule has 0 bridgehead atoms. The summed E-state index contributed by atoms with van der Waals surface area (Å²) in [5.74, 6) is 0.427. The summed E-state index contributed by atoms with van der Waals surface area (Å²) in [5.41, 5.74) is 1.64. The van der Waals surface area contributed by atoms with Crippen LogP contribution in [0.4, 0.5) is 8.78 Å². The Morgan fingerprint density at radius 3 is 2.76 bits per heavy atom. The number of hydrogen-bond donors (Lipinski definition) is 0. The smallest absolute Gasteiger partial charge is 0.240 e. The highest BCUT2D eigenvalue weighted by Crippen LogP contribution is 2.22. The molecule has 4 aromatic rings. The molecule has 0 saturated heterocycles. The van der Waals surface area contributed by atoms with Crippen molar-refractivity contribution >= 4 is 11.0 Å². The highest BCUT2D eigenvalue weighted by molar-refractivity contribution is 5.75. The molecule has 7 heteroatoms. The Labute approximate surface area is 142 Å². The molecule has 0 aliphatic heterocycles. The van der Waals surface area contributed by atoms with E-state index in [9.17, 15) is 8.78 Å². The molecule has 3 aromatic heterocycles. The van der Waals surface area contributed by atoms with Gasteiger partial charge in [0.15, 0.2) is 0 Å². The number of pyridine rings is 1. The molecule has 0 aliphatic carbocycles. The Kier molecular flexibility index (Phi) is 3.76.